The average Bonchev–Trinajstić information content (AvgIpc) is 2.59. The molecule has 0 fully saturated rings. The van der Waals surface area contributed by atoms with Gasteiger partial charge in [0, 0.05) is 0 Å². The zero-order valence-electron chi connectivity index (χ0n) is 17.7. The van der Waals surface area contributed by atoms with Gasteiger partial charge in [-0.15, -0.1) is 0 Å². The number of rotatable bonds is 18. The van der Waals surface area contributed by atoms with Crippen molar-refractivity contribution in [2.24, 2.45) is 0 Å². The van der Waals surface area contributed by atoms with E-state index < -0.39 is 0 Å². The highest BCUT2D eigenvalue weighted by atomic mass is 14.1. The lowest BCUT2D eigenvalue weighted by Gasteiger charge is -2.08. The Morgan fingerprint density at radius 2 is 0.625 bits per heavy atom. The molecule has 0 nitrogen and oxygen atoms in total. The molecule has 0 aliphatic heterocycles. The lowest BCUT2D eigenvalue weighted by molar-refractivity contribution is 0.569. The summed E-state index contributed by atoms with van der Waals surface area (Å²) >= 11 is 0. The first-order valence-electron chi connectivity index (χ1n) is 11.4. The molecule has 0 aliphatic carbocycles. The topological polar surface area (TPSA) is 0 Å². The highest BCUT2D eigenvalue weighted by Crippen LogP contribution is 2.19. The van der Waals surface area contributed by atoms with Gasteiger partial charge in [-0.25, -0.2) is 0 Å². The first-order valence-corrected chi connectivity index (χ1v) is 11.4. The fourth-order valence-corrected chi connectivity index (χ4v) is 3.47. The molecular weight excluding hydrogens is 288 g/mol. The largest absolute Gasteiger partial charge is 0.0744 e. The van der Waals surface area contributed by atoms with Gasteiger partial charge >= 0.3 is 0 Å². The zero-order valence-corrected chi connectivity index (χ0v) is 17.7. The van der Waals surface area contributed by atoms with Crippen molar-refractivity contribution in [3.05, 3.63) is 11.1 Å². The van der Waals surface area contributed by atoms with Gasteiger partial charge in [0.15, 0.2) is 0 Å². The van der Waals surface area contributed by atoms with E-state index in [4.69, 9.17) is 0 Å². The van der Waals surface area contributed by atoms with Gasteiger partial charge in [-0.05, 0) is 39.5 Å². The molecule has 0 heteroatoms. The number of hydrogen-bond donors (Lipinski definition) is 0. The summed E-state index contributed by atoms with van der Waals surface area (Å²) in [7, 11) is 0. The van der Waals surface area contributed by atoms with Crippen LogP contribution in [0, 0.1) is 0 Å². The van der Waals surface area contributed by atoms with Crippen LogP contribution < -0.4 is 0 Å². The smallest absolute Gasteiger partial charge is 0.0320 e. The molecule has 0 saturated carbocycles. The van der Waals surface area contributed by atoms with Gasteiger partial charge in [-0.1, -0.05) is 115 Å². The van der Waals surface area contributed by atoms with Crippen LogP contribution >= 0.6 is 0 Å². The van der Waals surface area contributed by atoms with Gasteiger partial charge in [0.25, 0.3) is 0 Å². The van der Waals surface area contributed by atoms with Crippen LogP contribution in [0.3, 0.4) is 0 Å². The van der Waals surface area contributed by atoms with Gasteiger partial charge in [-0.2, -0.15) is 0 Å². The lowest BCUT2D eigenvalue weighted by Crippen LogP contribution is -1.88. The monoisotopic (exact) mass is 336 g/mol. The number of allylic oxidation sites excluding steroid dienone is 2. The number of unbranched alkanes of at least 4 members (excludes halogenated alkanes) is 14. The molecule has 0 unspecified atom stereocenters. The Kier molecular flexibility index (Phi) is 18.9. The molecule has 0 bridgehead atoms. The molecule has 0 heterocycles. The Morgan fingerprint density at radius 3 is 0.917 bits per heavy atom. The fourth-order valence-electron chi connectivity index (χ4n) is 3.47. The second-order valence-corrected chi connectivity index (χ2v) is 8.01. The molecule has 0 amide bonds. The molecule has 0 aliphatic rings. The summed E-state index contributed by atoms with van der Waals surface area (Å²) in [5.41, 5.74) is 3.37. The third-order valence-corrected chi connectivity index (χ3v) is 5.54. The minimum absolute atomic E-state index is 1.35. The second-order valence-electron chi connectivity index (χ2n) is 8.01. The van der Waals surface area contributed by atoms with Crippen molar-refractivity contribution >= 4 is 0 Å². The van der Waals surface area contributed by atoms with Crippen molar-refractivity contribution in [2.45, 2.75) is 143 Å². The molecule has 0 aromatic heterocycles. The molecular formula is C24H48. The van der Waals surface area contributed by atoms with Gasteiger partial charge in [0.1, 0.15) is 0 Å². The fraction of sp³-hybridized carbons (Fsp3) is 0.917. The van der Waals surface area contributed by atoms with Gasteiger partial charge in [0.05, 0.1) is 0 Å². The summed E-state index contributed by atoms with van der Waals surface area (Å²) < 4.78 is 0. The standard InChI is InChI=1S/C24H48/c1-5-7-9-11-13-15-17-19-21-23(3)24(4)22-20-18-16-14-12-10-8-6-2/h5-22H2,1-4H3/b24-23-. The maximum Gasteiger partial charge on any atom is -0.0320 e. The maximum absolute atomic E-state index is 2.38. The van der Waals surface area contributed by atoms with Crippen LogP contribution in [0.25, 0.3) is 0 Å². The maximum atomic E-state index is 2.38. The molecule has 0 atom stereocenters. The molecule has 0 aromatic carbocycles. The van der Waals surface area contributed by atoms with Crippen molar-refractivity contribution in [3.8, 4) is 0 Å². The quantitative estimate of drug-likeness (QED) is 0.173. The van der Waals surface area contributed by atoms with Crippen molar-refractivity contribution in [3.63, 3.8) is 0 Å². The molecule has 24 heavy (non-hydrogen) atoms. The SMILES string of the molecule is CCCCCCCCCC/C(C)=C(/C)CCCCCCCCCC. The third kappa shape index (κ3) is 16.6. The van der Waals surface area contributed by atoms with Crippen LogP contribution in [0.2, 0.25) is 0 Å². The summed E-state index contributed by atoms with van der Waals surface area (Å²) in [6.45, 7) is 9.35. The van der Waals surface area contributed by atoms with E-state index in [-0.39, 0.29) is 0 Å². The van der Waals surface area contributed by atoms with Crippen LogP contribution in [-0.2, 0) is 0 Å². The van der Waals surface area contributed by atoms with Crippen LogP contribution in [0.15, 0.2) is 11.1 Å². The van der Waals surface area contributed by atoms with E-state index in [9.17, 15) is 0 Å². The van der Waals surface area contributed by atoms with Crippen LogP contribution in [-0.4, -0.2) is 0 Å². The van der Waals surface area contributed by atoms with E-state index in [2.05, 4.69) is 27.7 Å². The predicted molar refractivity (Wildman–Crippen MR) is 113 cm³/mol. The molecule has 0 radical (unpaired) electrons. The van der Waals surface area contributed by atoms with Gasteiger partial charge < -0.3 is 0 Å². The minimum atomic E-state index is 1.35. The lowest BCUT2D eigenvalue weighted by atomic mass is 9.98. The summed E-state index contributed by atoms with van der Waals surface area (Å²) in [5, 5.41) is 0. The molecule has 144 valence electrons. The van der Waals surface area contributed by atoms with E-state index >= 15 is 0 Å². The van der Waals surface area contributed by atoms with E-state index in [1.165, 1.54) is 116 Å². The zero-order chi connectivity index (χ0) is 17.9. The summed E-state index contributed by atoms with van der Waals surface area (Å²) in [4.78, 5) is 0. The number of hydrogen-bond acceptors (Lipinski definition) is 0. The van der Waals surface area contributed by atoms with Gasteiger partial charge in [-0.3, -0.25) is 0 Å². The van der Waals surface area contributed by atoms with E-state index in [0.29, 0.717) is 0 Å². The normalized spacial score (nSPS) is 12.5. The first-order chi connectivity index (χ1) is 11.7. The van der Waals surface area contributed by atoms with E-state index in [1.54, 1.807) is 11.1 Å². The first kappa shape index (κ1) is 23.7. The average molecular weight is 337 g/mol. The van der Waals surface area contributed by atoms with Gasteiger partial charge in [0.2, 0.25) is 0 Å². The van der Waals surface area contributed by atoms with Crippen LogP contribution in [0.1, 0.15) is 143 Å². The third-order valence-electron chi connectivity index (χ3n) is 5.54. The summed E-state index contributed by atoms with van der Waals surface area (Å²) in [6, 6.07) is 0. The predicted octanol–water partition coefficient (Wildman–Crippen LogP) is 9.38. The van der Waals surface area contributed by atoms with Crippen LogP contribution in [0.4, 0.5) is 0 Å². The molecule has 0 aromatic rings. The van der Waals surface area contributed by atoms with E-state index in [0.717, 1.165) is 0 Å². The summed E-state index contributed by atoms with van der Waals surface area (Å²) in [5.74, 6) is 0. The van der Waals surface area contributed by atoms with Crippen molar-refractivity contribution in [1.29, 1.82) is 0 Å². The molecule has 0 saturated heterocycles. The van der Waals surface area contributed by atoms with Crippen LogP contribution in [0.5, 0.6) is 0 Å². The highest BCUT2D eigenvalue weighted by molar-refractivity contribution is 5.09. The second kappa shape index (κ2) is 19.1. The highest BCUT2D eigenvalue weighted by Gasteiger charge is 1.99. The Morgan fingerprint density at radius 1 is 0.375 bits per heavy atom. The van der Waals surface area contributed by atoms with Crippen molar-refractivity contribution < 1.29 is 0 Å². The Labute approximate surface area is 154 Å². The molecule has 0 rings (SSSR count). The molecule has 0 N–H and O–H groups in total. The summed E-state index contributed by atoms with van der Waals surface area (Å²) in [6.07, 6.45) is 25.6. The van der Waals surface area contributed by atoms with E-state index in [1.807, 2.05) is 0 Å². The Balaban J connectivity index is 3.46. The molecule has 0 spiro atoms. The Bertz CT molecular complexity index is 246. The van der Waals surface area contributed by atoms with Crippen molar-refractivity contribution in [1.82, 2.24) is 0 Å². The Hall–Kier alpha value is -0.260. The minimum Gasteiger partial charge on any atom is -0.0744 e. The van der Waals surface area contributed by atoms with Crippen molar-refractivity contribution in [2.75, 3.05) is 0 Å².